The van der Waals surface area contributed by atoms with Crippen LogP contribution in [0.3, 0.4) is 0 Å². The summed E-state index contributed by atoms with van der Waals surface area (Å²) in [6, 6.07) is 7.29. The topological polar surface area (TPSA) is 62.1 Å². The Balaban J connectivity index is 1.95. The Morgan fingerprint density at radius 1 is 1.56 bits per heavy atom. The Labute approximate surface area is 107 Å². The summed E-state index contributed by atoms with van der Waals surface area (Å²) in [5.41, 5.74) is 1.44. The largest absolute Gasteiger partial charge is 0.496 e. The van der Waals surface area contributed by atoms with E-state index in [1.54, 1.807) is 19.2 Å². The van der Waals surface area contributed by atoms with Crippen molar-refractivity contribution in [2.45, 2.75) is 25.8 Å². The number of ether oxygens (including phenoxy) is 1. The van der Waals surface area contributed by atoms with Crippen molar-refractivity contribution < 1.29 is 9.53 Å². The average Bonchev–Trinajstić information content (AvgIpc) is 3.20. The van der Waals surface area contributed by atoms with Crippen molar-refractivity contribution in [2.75, 3.05) is 7.11 Å². The Morgan fingerprint density at radius 3 is 2.94 bits per heavy atom. The second-order valence-corrected chi connectivity index (χ2v) is 4.56. The van der Waals surface area contributed by atoms with Gasteiger partial charge in [0.2, 0.25) is 5.91 Å². The van der Waals surface area contributed by atoms with E-state index < -0.39 is 0 Å². The molecule has 1 fully saturated rings. The zero-order chi connectivity index (χ0) is 13.0. The SMILES string of the molecule is COc1cc(C#N)ccc1CNC(=O)CC1CC1. The zero-order valence-electron chi connectivity index (χ0n) is 10.4. The smallest absolute Gasteiger partial charge is 0.220 e. The van der Waals surface area contributed by atoms with Gasteiger partial charge in [0.25, 0.3) is 0 Å². The summed E-state index contributed by atoms with van der Waals surface area (Å²) < 4.78 is 5.21. The second kappa shape index (κ2) is 5.54. The molecule has 1 N–H and O–H groups in total. The van der Waals surface area contributed by atoms with Crippen LogP contribution in [0.15, 0.2) is 18.2 Å². The average molecular weight is 244 g/mol. The maximum Gasteiger partial charge on any atom is 0.220 e. The van der Waals surface area contributed by atoms with E-state index in [4.69, 9.17) is 10.00 Å². The molecule has 1 aliphatic rings. The number of carbonyl (C=O) groups is 1. The highest BCUT2D eigenvalue weighted by Gasteiger charge is 2.24. The summed E-state index contributed by atoms with van der Waals surface area (Å²) in [4.78, 5) is 11.6. The van der Waals surface area contributed by atoms with E-state index in [1.165, 1.54) is 12.8 Å². The molecule has 0 bridgehead atoms. The van der Waals surface area contributed by atoms with Gasteiger partial charge in [0, 0.05) is 18.5 Å². The molecule has 0 saturated heterocycles. The van der Waals surface area contributed by atoms with Gasteiger partial charge in [-0.15, -0.1) is 0 Å². The Morgan fingerprint density at radius 2 is 2.33 bits per heavy atom. The molecule has 0 aliphatic heterocycles. The molecule has 94 valence electrons. The number of carbonyl (C=O) groups excluding carboxylic acids is 1. The fourth-order valence-electron chi connectivity index (χ4n) is 1.81. The highest BCUT2D eigenvalue weighted by atomic mass is 16.5. The monoisotopic (exact) mass is 244 g/mol. The highest BCUT2D eigenvalue weighted by Crippen LogP contribution is 2.32. The molecule has 18 heavy (non-hydrogen) atoms. The first-order valence-electron chi connectivity index (χ1n) is 6.06. The minimum Gasteiger partial charge on any atom is -0.496 e. The zero-order valence-corrected chi connectivity index (χ0v) is 10.4. The lowest BCUT2D eigenvalue weighted by atomic mass is 10.1. The van der Waals surface area contributed by atoms with E-state index in [1.807, 2.05) is 6.07 Å². The third-order valence-electron chi connectivity index (χ3n) is 3.06. The van der Waals surface area contributed by atoms with Crippen molar-refractivity contribution in [1.29, 1.82) is 5.26 Å². The molecule has 1 saturated carbocycles. The van der Waals surface area contributed by atoms with Gasteiger partial charge in [-0.2, -0.15) is 5.26 Å². The van der Waals surface area contributed by atoms with Gasteiger partial charge in [0.15, 0.2) is 0 Å². The van der Waals surface area contributed by atoms with Crippen LogP contribution in [0.4, 0.5) is 0 Å². The van der Waals surface area contributed by atoms with E-state index in [2.05, 4.69) is 11.4 Å². The van der Waals surface area contributed by atoms with Gasteiger partial charge in [-0.1, -0.05) is 6.07 Å². The molecule has 0 aromatic heterocycles. The van der Waals surface area contributed by atoms with E-state index in [0.29, 0.717) is 30.2 Å². The molecular weight excluding hydrogens is 228 g/mol. The molecular formula is C14H16N2O2. The number of methoxy groups -OCH3 is 1. The van der Waals surface area contributed by atoms with Crippen LogP contribution in [0, 0.1) is 17.2 Å². The van der Waals surface area contributed by atoms with Crippen molar-refractivity contribution in [2.24, 2.45) is 5.92 Å². The predicted octanol–water partition coefficient (Wildman–Crippen LogP) is 1.98. The fraction of sp³-hybridized carbons (Fsp3) is 0.429. The van der Waals surface area contributed by atoms with E-state index in [0.717, 1.165) is 5.56 Å². The molecule has 1 aromatic rings. The Hall–Kier alpha value is -2.02. The quantitative estimate of drug-likeness (QED) is 0.861. The molecule has 0 radical (unpaired) electrons. The number of amides is 1. The first-order valence-corrected chi connectivity index (χ1v) is 6.06. The molecule has 1 aromatic carbocycles. The molecule has 0 unspecified atom stereocenters. The summed E-state index contributed by atoms with van der Waals surface area (Å²) in [5, 5.41) is 11.7. The van der Waals surface area contributed by atoms with Crippen LogP contribution < -0.4 is 10.1 Å². The van der Waals surface area contributed by atoms with Gasteiger partial charge in [0.1, 0.15) is 5.75 Å². The molecule has 4 nitrogen and oxygen atoms in total. The first-order chi connectivity index (χ1) is 8.72. The van der Waals surface area contributed by atoms with Gasteiger partial charge in [0.05, 0.1) is 18.7 Å². The first kappa shape index (κ1) is 12.4. The van der Waals surface area contributed by atoms with Crippen LogP contribution in [-0.4, -0.2) is 13.0 Å². The Kier molecular flexibility index (Phi) is 3.83. The van der Waals surface area contributed by atoms with Crippen molar-refractivity contribution >= 4 is 5.91 Å². The predicted molar refractivity (Wildman–Crippen MR) is 66.9 cm³/mol. The van der Waals surface area contributed by atoms with Gasteiger partial charge in [-0.25, -0.2) is 0 Å². The third-order valence-corrected chi connectivity index (χ3v) is 3.06. The molecule has 2 rings (SSSR count). The molecule has 0 heterocycles. The lowest BCUT2D eigenvalue weighted by Gasteiger charge is -2.10. The van der Waals surface area contributed by atoms with E-state index in [9.17, 15) is 4.79 Å². The number of hydrogen-bond acceptors (Lipinski definition) is 3. The molecule has 0 spiro atoms. The molecule has 0 atom stereocenters. The van der Waals surface area contributed by atoms with Crippen molar-refractivity contribution in [3.63, 3.8) is 0 Å². The van der Waals surface area contributed by atoms with Gasteiger partial charge < -0.3 is 10.1 Å². The lowest BCUT2D eigenvalue weighted by molar-refractivity contribution is -0.121. The molecule has 1 amide bonds. The lowest BCUT2D eigenvalue weighted by Crippen LogP contribution is -2.23. The summed E-state index contributed by atoms with van der Waals surface area (Å²) in [7, 11) is 1.56. The number of nitriles is 1. The number of hydrogen-bond donors (Lipinski definition) is 1. The number of nitrogens with one attached hydrogen (secondary N) is 1. The Bertz CT molecular complexity index is 487. The van der Waals surface area contributed by atoms with Crippen LogP contribution in [0.2, 0.25) is 0 Å². The van der Waals surface area contributed by atoms with Crippen LogP contribution in [0.5, 0.6) is 5.75 Å². The summed E-state index contributed by atoms with van der Waals surface area (Å²) in [5.74, 6) is 1.32. The maximum absolute atomic E-state index is 11.6. The summed E-state index contributed by atoms with van der Waals surface area (Å²) in [6.45, 7) is 0.445. The third kappa shape index (κ3) is 3.24. The number of rotatable bonds is 5. The van der Waals surface area contributed by atoms with Crippen LogP contribution in [-0.2, 0) is 11.3 Å². The second-order valence-electron chi connectivity index (χ2n) is 4.56. The summed E-state index contributed by atoms with van der Waals surface area (Å²) in [6.07, 6.45) is 2.97. The number of nitrogens with zero attached hydrogens (tertiary/aromatic N) is 1. The molecule has 4 heteroatoms. The number of benzene rings is 1. The van der Waals surface area contributed by atoms with Crippen molar-refractivity contribution in [3.05, 3.63) is 29.3 Å². The van der Waals surface area contributed by atoms with Crippen LogP contribution >= 0.6 is 0 Å². The van der Waals surface area contributed by atoms with Crippen molar-refractivity contribution in [3.8, 4) is 11.8 Å². The fourth-order valence-corrected chi connectivity index (χ4v) is 1.81. The van der Waals surface area contributed by atoms with E-state index in [-0.39, 0.29) is 5.91 Å². The minimum atomic E-state index is 0.0870. The van der Waals surface area contributed by atoms with Gasteiger partial charge >= 0.3 is 0 Å². The van der Waals surface area contributed by atoms with Crippen LogP contribution in [0.1, 0.15) is 30.4 Å². The standard InChI is InChI=1S/C14H16N2O2/c1-18-13-6-11(8-15)4-5-12(13)9-16-14(17)7-10-2-3-10/h4-6,10H,2-3,7,9H2,1H3,(H,16,17). The van der Waals surface area contributed by atoms with Crippen molar-refractivity contribution in [1.82, 2.24) is 5.32 Å². The normalized spacial score (nSPS) is 13.8. The van der Waals surface area contributed by atoms with E-state index >= 15 is 0 Å². The van der Waals surface area contributed by atoms with Gasteiger partial charge in [-0.05, 0) is 30.9 Å². The van der Waals surface area contributed by atoms with Crippen LogP contribution in [0.25, 0.3) is 0 Å². The van der Waals surface area contributed by atoms with Gasteiger partial charge in [-0.3, -0.25) is 4.79 Å². The minimum absolute atomic E-state index is 0.0870. The highest BCUT2D eigenvalue weighted by molar-refractivity contribution is 5.76. The molecule has 1 aliphatic carbocycles. The summed E-state index contributed by atoms with van der Waals surface area (Å²) >= 11 is 0. The maximum atomic E-state index is 11.6.